The lowest BCUT2D eigenvalue weighted by molar-refractivity contribution is 0.00609. The molecule has 1 aliphatic rings. The van der Waals surface area contributed by atoms with Crippen molar-refractivity contribution in [2.75, 3.05) is 6.54 Å². The lowest BCUT2D eigenvalue weighted by Gasteiger charge is -2.43. The van der Waals surface area contributed by atoms with E-state index in [1.165, 1.54) is 6.42 Å². The molecule has 0 unspecified atom stereocenters. The lowest BCUT2D eigenvalue weighted by Crippen LogP contribution is -2.55. The molecule has 0 amide bonds. The van der Waals surface area contributed by atoms with Crippen molar-refractivity contribution in [1.82, 2.24) is 5.32 Å². The molecule has 1 aliphatic heterocycles. The van der Waals surface area contributed by atoms with Gasteiger partial charge in [0.2, 0.25) is 0 Å². The fourth-order valence-electron chi connectivity index (χ4n) is 3.52. The standard InChI is InChI=1S/C19H23NO/c1-15-9-8-14-20-18(15)19(21,16-10-4-2-5-11-16)17-12-6-3-7-13-17/h2-7,10-13,15,18,20-21H,8-9,14H2,1H3/t15-,18-/m0/s1. The minimum absolute atomic E-state index is 0.0380. The molecule has 2 atom stereocenters. The average molecular weight is 281 g/mol. The zero-order valence-electron chi connectivity index (χ0n) is 12.5. The predicted molar refractivity (Wildman–Crippen MR) is 86.1 cm³/mol. The van der Waals surface area contributed by atoms with Crippen molar-refractivity contribution in [3.63, 3.8) is 0 Å². The largest absolute Gasteiger partial charge is 0.379 e. The molecular weight excluding hydrogens is 258 g/mol. The maximum Gasteiger partial charge on any atom is 0.130 e. The Bertz CT molecular complexity index is 527. The molecule has 110 valence electrons. The maximum atomic E-state index is 11.7. The van der Waals surface area contributed by atoms with Gasteiger partial charge in [0, 0.05) is 6.04 Å². The summed E-state index contributed by atoms with van der Waals surface area (Å²) < 4.78 is 0. The van der Waals surface area contributed by atoms with Gasteiger partial charge in [-0.2, -0.15) is 0 Å². The van der Waals surface area contributed by atoms with Crippen LogP contribution in [0.2, 0.25) is 0 Å². The Labute approximate surface area is 126 Å². The van der Waals surface area contributed by atoms with Crippen LogP contribution in [-0.4, -0.2) is 17.7 Å². The minimum atomic E-state index is -0.984. The molecule has 0 bridgehead atoms. The molecule has 2 nitrogen and oxygen atoms in total. The van der Waals surface area contributed by atoms with Crippen molar-refractivity contribution in [1.29, 1.82) is 0 Å². The van der Waals surface area contributed by atoms with E-state index in [-0.39, 0.29) is 6.04 Å². The molecule has 1 heterocycles. The van der Waals surface area contributed by atoms with Crippen molar-refractivity contribution in [2.24, 2.45) is 5.92 Å². The summed E-state index contributed by atoms with van der Waals surface area (Å²) >= 11 is 0. The van der Waals surface area contributed by atoms with Crippen LogP contribution in [0.5, 0.6) is 0 Å². The monoisotopic (exact) mass is 281 g/mol. The number of aliphatic hydroxyl groups is 1. The van der Waals surface area contributed by atoms with E-state index in [1.807, 2.05) is 60.7 Å². The summed E-state index contributed by atoms with van der Waals surface area (Å²) in [6.07, 6.45) is 2.33. The Morgan fingerprint density at radius 3 is 1.95 bits per heavy atom. The lowest BCUT2D eigenvalue weighted by atomic mass is 9.73. The fraction of sp³-hybridized carbons (Fsp3) is 0.368. The Morgan fingerprint density at radius 2 is 1.48 bits per heavy atom. The first-order valence-electron chi connectivity index (χ1n) is 7.79. The molecule has 21 heavy (non-hydrogen) atoms. The molecule has 2 N–H and O–H groups in total. The molecule has 2 heteroatoms. The van der Waals surface area contributed by atoms with E-state index in [4.69, 9.17) is 0 Å². The van der Waals surface area contributed by atoms with Crippen LogP contribution in [0.3, 0.4) is 0 Å². The third-order valence-corrected chi connectivity index (χ3v) is 4.65. The highest BCUT2D eigenvalue weighted by molar-refractivity contribution is 5.38. The van der Waals surface area contributed by atoms with E-state index < -0.39 is 5.60 Å². The van der Waals surface area contributed by atoms with Gasteiger partial charge in [-0.3, -0.25) is 0 Å². The van der Waals surface area contributed by atoms with Gasteiger partial charge in [0.25, 0.3) is 0 Å². The van der Waals surface area contributed by atoms with Gasteiger partial charge < -0.3 is 10.4 Å². The summed E-state index contributed by atoms with van der Waals surface area (Å²) in [6.45, 7) is 3.20. The molecule has 0 aromatic heterocycles. The van der Waals surface area contributed by atoms with Gasteiger partial charge in [-0.25, -0.2) is 0 Å². The van der Waals surface area contributed by atoms with Crippen molar-refractivity contribution < 1.29 is 5.11 Å². The normalized spacial score (nSPS) is 23.0. The van der Waals surface area contributed by atoms with Crippen molar-refractivity contribution in [3.05, 3.63) is 71.8 Å². The van der Waals surface area contributed by atoms with Crippen molar-refractivity contribution in [2.45, 2.75) is 31.4 Å². The fourth-order valence-corrected chi connectivity index (χ4v) is 3.52. The first-order valence-corrected chi connectivity index (χ1v) is 7.79. The molecular formula is C19H23NO. The van der Waals surface area contributed by atoms with Gasteiger partial charge in [-0.15, -0.1) is 0 Å². The van der Waals surface area contributed by atoms with Gasteiger partial charge in [-0.1, -0.05) is 67.6 Å². The Morgan fingerprint density at radius 1 is 0.952 bits per heavy atom. The van der Waals surface area contributed by atoms with Gasteiger partial charge >= 0.3 is 0 Å². The SMILES string of the molecule is C[C@H]1CCCN[C@@H]1C(O)(c1ccccc1)c1ccccc1. The Hall–Kier alpha value is -1.64. The van der Waals surface area contributed by atoms with E-state index in [0.29, 0.717) is 5.92 Å². The Balaban J connectivity index is 2.11. The second-order valence-corrected chi connectivity index (χ2v) is 6.05. The highest BCUT2D eigenvalue weighted by Crippen LogP contribution is 2.38. The van der Waals surface area contributed by atoms with Crippen LogP contribution in [0.15, 0.2) is 60.7 Å². The molecule has 1 fully saturated rings. The first-order chi connectivity index (χ1) is 10.2. The van der Waals surface area contributed by atoms with Crippen LogP contribution in [-0.2, 0) is 5.60 Å². The number of rotatable bonds is 3. The van der Waals surface area contributed by atoms with Crippen LogP contribution in [0.4, 0.5) is 0 Å². The third-order valence-electron chi connectivity index (χ3n) is 4.65. The second kappa shape index (κ2) is 6.00. The van der Waals surface area contributed by atoms with E-state index in [9.17, 15) is 5.11 Å². The summed E-state index contributed by atoms with van der Waals surface area (Å²) in [6, 6.07) is 20.1. The van der Waals surface area contributed by atoms with Crippen LogP contribution in [0.25, 0.3) is 0 Å². The topological polar surface area (TPSA) is 32.3 Å². The van der Waals surface area contributed by atoms with Crippen LogP contribution >= 0.6 is 0 Å². The van der Waals surface area contributed by atoms with Crippen molar-refractivity contribution >= 4 is 0 Å². The van der Waals surface area contributed by atoms with Crippen LogP contribution in [0.1, 0.15) is 30.9 Å². The molecule has 0 radical (unpaired) electrons. The van der Waals surface area contributed by atoms with Gasteiger partial charge in [0.15, 0.2) is 0 Å². The summed E-state index contributed by atoms with van der Waals surface area (Å²) in [5.41, 5.74) is 0.937. The average Bonchev–Trinajstić information content (AvgIpc) is 2.56. The van der Waals surface area contributed by atoms with E-state index in [0.717, 1.165) is 24.1 Å². The van der Waals surface area contributed by atoms with Crippen LogP contribution < -0.4 is 5.32 Å². The Kier molecular flexibility index (Phi) is 4.09. The molecule has 0 aliphatic carbocycles. The smallest absolute Gasteiger partial charge is 0.130 e. The molecule has 0 spiro atoms. The summed E-state index contributed by atoms with van der Waals surface area (Å²) in [5, 5.41) is 15.2. The quantitative estimate of drug-likeness (QED) is 0.904. The summed E-state index contributed by atoms with van der Waals surface area (Å²) in [5.74, 6) is 0.434. The molecule has 2 aromatic rings. The maximum absolute atomic E-state index is 11.7. The summed E-state index contributed by atoms with van der Waals surface area (Å²) in [4.78, 5) is 0. The van der Waals surface area contributed by atoms with E-state index in [2.05, 4.69) is 12.2 Å². The first kappa shape index (κ1) is 14.3. The molecule has 3 rings (SSSR count). The number of hydrogen-bond acceptors (Lipinski definition) is 2. The van der Waals surface area contributed by atoms with E-state index >= 15 is 0 Å². The number of piperidine rings is 1. The third kappa shape index (κ3) is 2.61. The molecule has 2 aromatic carbocycles. The van der Waals surface area contributed by atoms with Gasteiger partial charge in [0.05, 0.1) is 0 Å². The van der Waals surface area contributed by atoms with Crippen LogP contribution in [0, 0.1) is 5.92 Å². The highest BCUT2D eigenvalue weighted by Gasteiger charge is 2.43. The summed E-state index contributed by atoms with van der Waals surface area (Å²) in [7, 11) is 0. The number of benzene rings is 2. The highest BCUT2D eigenvalue weighted by atomic mass is 16.3. The molecule has 1 saturated heterocycles. The second-order valence-electron chi connectivity index (χ2n) is 6.05. The minimum Gasteiger partial charge on any atom is -0.379 e. The molecule has 0 saturated carbocycles. The number of hydrogen-bond donors (Lipinski definition) is 2. The van der Waals surface area contributed by atoms with Crippen molar-refractivity contribution in [3.8, 4) is 0 Å². The predicted octanol–water partition coefficient (Wildman–Crippen LogP) is 3.31. The van der Waals surface area contributed by atoms with E-state index in [1.54, 1.807) is 0 Å². The van der Waals surface area contributed by atoms with Gasteiger partial charge in [-0.05, 0) is 36.4 Å². The zero-order chi connectivity index (χ0) is 14.7. The van der Waals surface area contributed by atoms with Gasteiger partial charge in [0.1, 0.15) is 5.60 Å². The zero-order valence-corrected chi connectivity index (χ0v) is 12.5. The number of nitrogens with one attached hydrogen (secondary N) is 1.